The van der Waals surface area contributed by atoms with E-state index >= 15 is 0 Å². The number of aliphatic carboxylic acids is 2. The number of rotatable bonds is 12. The minimum atomic E-state index is -4.81. The van der Waals surface area contributed by atoms with Crippen LogP contribution in [0.3, 0.4) is 0 Å². The topological polar surface area (TPSA) is 128 Å². The van der Waals surface area contributed by atoms with Gasteiger partial charge in [-0.25, -0.2) is 14.0 Å². The molecular formula is C44H33ClF4N2O7. The largest absolute Gasteiger partial charge is 0.573 e. The molecule has 0 radical (unpaired) electrons. The van der Waals surface area contributed by atoms with E-state index in [0.29, 0.717) is 32.4 Å². The van der Waals surface area contributed by atoms with Crippen molar-refractivity contribution in [2.45, 2.75) is 39.2 Å². The molecule has 14 heteroatoms. The first-order valence-electron chi connectivity index (χ1n) is 17.8. The van der Waals surface area contributed by atoms with Gasteiger partial charge in [0.1, 0.15) is 11.6 Å². The molecule has 0 atom stereocenters. The van der Waals surface area contributed by atoms with Crippen LogP contribution in [0, 0.1) is 5.82 Å². The lowest BCUT2D eigenvalue weighted by Crippen LogP contribution is -2.16. The van der Waals surface area contributed by atoms with Crippen molar-refractivity contribution in [3.05, 3.63) is 149 Å². The zero-order valence-electron chi connectivity index (χ0n) is 30.6. The summed E-state index contributed by atoms with van der Waals surface area (Å²) in [5, 5.41) is 20.0. The van der Waals surface area contributed by atoms with Crippen LogP contribution in [-0.4, -0.2) is 49.2 Å². The molecule has 0 bridgehead atoms. The van der Waals surface area contributed by atoms with Gasteiger partial charge in [0, 0.05) is 52.3 Å². The van der Waals surface area contributed by atoms with E-state index in [9.17, 15) is 41.8 Å². The molecule has 296 valence electrons. The average Bonchev–Trinajstić information content (AvgIpc) is 3.74. The fraction of sp³-hybridized carbons (Fsp3) is 0.136. The Kier molecular flexibility index (Phi) is 12.1. The average molecular weight is 813 g/mol. The highest BCUT2D eigenvalue weighted by atomic mass is 35.5. The van der Waals surface area contributed by atoms with Crippen LogP contribution in [0.1, 0.15) is 46.0 Å². The molecule has 7 aromatic rings. The minimum absolute atomic E-state index is 0.0292. The molecule has 0 saturated heterocycles. The first kappa shape index (κ1) is 40.9. The number of unbranched alkanes of at least 4 members (excludes halogenated alkanes) is 1. The van der Waals surface area contributed by atoms with Gasteiger partial charge in [0.15, 0.2) is 0 Å². The van der Waals surface area contributed by atoms with Crippen LogP contribution >= 0.6 is 11.6 Å². The van der Waals surface area contributed by atoms with Gasteiger partial charge in [-0.15, -0.1) is 13.2 Å². The Balaban J connectivity index is 0.000000203. The SMILES string of the molecule is CCCCn1cc(C(=O)C(=O)O)c2cc(-c3ccc(Cl)cc3)ccc21.O=C(O)C(=O)c1cn(Cc2ccc(F)cc2)c2ccc(-c3ccc(OC(F)(F)F)cc3)cc12. The number of hydrogen-bond acceptors (Lipinski definition) is 5. The minimum Gasteiger partial charge on any atom is -0.475 e. The van der Waals surface area contributed by atoms with Crippen molar-refractivity contribution < 1.29 is 51.7 Å². The Bertz CT molecular complexity index is 2650. The number of Topliss-reactive ketones (excluding diaryl/α,β-unsaturated/α-hetero) is 2. The molecule has 0 aliphatic heterocycles. The zero-order valence-corrected chi connectivity index (χ0v) is 31.4. The Morgan fingerprint density at radius 1 is 0.655 bits per heavy atom. The summed E-state index contributed by atoms with van der Waals surface area (Å²) in [6.07, 6.45) is 0.255. The van der Waals surface area contributed by atoms with Gasteiger partial charge in [-0.05, 0) is 94.9 Å². The number of aromatic nitrogens is 2. The van der Waals surface area contributed by atoms with Crippen LogP contribution in [0.2, 0.25) is 5.02 Å². The number of carbonyl (C=O) groups is 4. The van der Waals surface area contributed by atoms with E-state index in [-0.39, 0.29) is 23.4 Å². The maximum Gasteiger partial charge on any atom is 0.573 e. The molecule has 2 aromatic heterocycles. The summed E-state index contributed by atoms with van der Waals surface area (Å²) < 4.78 is 57.9. The molecule has 0 fully saturated rings. The molecule has 0 aliphatic rings. The molecule has 58 heavy (non-hydrogen) atoms. The first-order chi connectivity index (χ1) is 27.6. The zero-order chi connectivity index (χ0) is 41.7. The molecule has 2 heterocycles. The van der Waals surface area contributed by atoms with Crippen molar-refractivity contribution >= 4 is 56.9 Å². The van der Waals surface area contributed by atoms with Crippen molar-refractivity contribution in [3.8, 4) is 28.0 Å². The molecule has 2 N–H and O–H groups in total. The predicted molar refractivity (Wildman–Crippen MR) is 211 cm³/mol. The summed E-state index contributed by atoms with van der Waals surface area (Å²) in [6.45, 7) is 3.11. The third kappa shape index (κ3) is 9.44. The number of ketones is 2. The Hall–Kier alpha value is -6.73. The lowest BCUT2D eigenvalue weighted by atomic mass is 10.0. The molecule has 0 spiro atoms. The highest BCUT2D eigenvalue weighted by Gasteiger charge is 2.31. The number of carbonyl (C=O) groups excluding carboxylic acids is 2. The smallest absolute Gasteiger partial charge is 0.475 e. The predicted octanol–water partition coefficient (Wildman–Crippen LogP) is 10.7. The van der Waals surface area contributed by atoms with Crippen LogP contribution in [0.5, 0.6) is 5.75 Å². The Labute approximate surface area is 333 Å². The quantitative estimate of drug-likeness (QED) is 0.0714. The van der Waals surface area contributed by atoms with E-state index in [4.69, 9.17) is 16.7 Å². The third-order valence-electron chi connectivity index (χ3n) is 9.26. The fourth-order valence-electron chi connectivity index (χ4n) is 6.47. The number of carboxylic acid groups (broad SMARTS) is 2. The van der Waals surface area contributed by atoms with Gasteiger partial charge < -0.3 is 24.1 Å². The van der Waals surface area contributed by atoms with E-state index in [1.165, 1.54) is 30.5 Å². The molecule has 0 aliphatic carbocycles. The number of benzene rings is 5. The number of carboxylic acids is 2. The second kappa shape index (κ2) is 17.2. The second-order valence-electron chi connectivity index (χ2n) is 13.2. The normalized spacial score (nSPS) is 11.3. The first-order valence-corrected chi connectivity index (χ1v) is 18.2. The van der Waals surface area contributed by atoms with Crippen LogP contribution in [-0.2, 0) is 22.7 Å². The van der Waals surface area contributed by atoms with Gasteiger partial charge >= 0.3 is 18.3 Å². The summed E-state index contributed by atoms with van der Waals surface area (Å²) in [5.74, 6) is -5.80. The molecular weight excluding hydrogens is 780 g/mol. The maximum absolute atomic E-state index is 13.2. The number of nitrogens with zero attached hydrogens (tertiary/aromatic N) is 2. The molecule has 0 unspecified atom stereocenters. The van der Waals surface area contributed by atoms with Crippen LogP contribution < -0.4 is 4.74 Å². The van der Waals surface area contributed by atoms with Crippen LogP contribution in [0.15, 0.2) is 122 Å². The molecule has 0 amide bonds. The number of halogens is 5. The Morgan fingerprint density at radius 3 is 1.60 bits per heavy atom. The summed E-state index contributed by atoms with van der Waals surface area (Å²) in [6, 6.07) is 29.1. The highest BCUT2D eigenvalue weighted by Crippen LogP contribution is 2.32. The Morgan fingerprint density at radius 2 is 1.12 bits per heavy atom. The van der Waals surface area contributed by atoms with Gasteiger partial charge in [-0.2, -0.15) is 0 Å². The summed E-state index contributed by atoms with van der Waals surface area (Å²) in [7, 11) is 0. The number of ether oxygens (including phenoxy) is 1. The van der Waals surface area contributed by atoms with E-state index in [2.05, 4.69) is 11.7 Å². The van der Waals surface area contributed by atoms with Crippen molar-refractivity contribution in [1.29, 1.82) is 0 Å². The van der Waals surface area contributed by atoms with Gasteiger partial charge in [0.05, 0.1) is 11.1 Å². The van der Waals surface area contributed by atoms with Crippen molar-refractivity contribution in [1.82, 2.24) is 9.13 Å². The number of alkyl halides is 3. The van der Waals surface area contributed by atoms with Crippen molar-refractivity contribution in [2.75, 3.05) is 0 Å². The molecule has 5 aromatic carbocycles. The van der Waals surface area contributed by atoms with Gasteiger partial charge in [0.2, 0.25) is 0 Å². The van der Waals surface area contributed by atoms with Gasteiger partial charge in [-0.3, -0.25) is 9.59 Å². The number of fused-ring (bicyclic) bond motifs is 2. The summed E-state index contributed by atoms with van der Waals surface area (Å²) in [4.78, 5) is 47.0. The van der Waals surface area contributed by atoms with Gasteiger partial charge in [-0.1, -0.05) is 73.5 Å². The standard InChI is InChI=1S/C24H15F4NO4.C20H18ClNO3/c25-17-6-1-14(2-7-17)12-29-13-20(22(30)23(31)32)19-11-16(5-10-21(19)29)15-3-8-18(9-4-15)33-24(26,27)28;1-2-3-10-22-12-17(19(23)20(24)25)16-11-14(6-9-18(16)22)13-4-7-15(21)8-5-13/h1-11,13H,12H2,(H,31,32);4-9,11-12H,2-3,10H2,1H3,(H,24,25). The number of aryl methyl sites for hydroxylation is 1. The van der Waals surface area contributed by atoms with E-state index < -0.39 is 35.7 Å². The highest BCUT2D eigenvalue weighted by molar-refractivity contribution is 6.43. The van der Waals surface area contributed by atoms with Crippen LogP contribution in [0.25, 0.3) is 44.1 Å². The second-order valence-corrected chi connectivity index (χ2v) is 13.6. The molecule has 0 saturated carbocycles. The monoisotopic (exact) mass is 812 g/mol. The van der Waals surface area contributed by atoms with Gasteiger partial charge in [0.25, 0.3) is 11.6 Å². The third-order valence-corrected chi connectivity index (χ3v) is 9.51. The lowest BCUT2D eigenvalue weighted by Gasteiger charge is -2.10. The summed E-state index contributed by atoms with van der Waals surface area (Å²) in [5.41, 5.74) is 5.38. The summed E-state index contributed by atoms with van der Waals surface area (Å²) >= 11 is 5.93. The number of hydrogen-bond donors (Lipinski definition) is 2. The molecule has 7 rings (SSSR count). The lowest BCUT2D eigenvalue weighted by molar-refractivity contribution is -0.274. The van der Waals surface area contributed by atoms with Crippen molar-refractivity contribution in [3.63, 3.8) is 0 Å². The van der Waals surface area contributed by atoms with Crippen LogP contribution in [0.4, 0.5) is 17.6 Å². The van der Waals surface area contributed by atoms with E-state index in [0.717, 1.165) is 53.7 Å². The van der Waals surface area contributed by atoms with Crippen molar-refractivity contribution in [2.24, 2.45) is 0 Å². The molecule has 9 nitrogen and oxygen atoms in total. The maximum atomic E-state index is 13.2. The van der Waals surface area contributed by atoms with E-state index in [1.807, 2.05) is 34.9 Å². The fourth-order valence-corrected chi connectivity index (χ4v) is 6.59. The van der Waals surface area contributed by atoms with E-state index in [1.54, 1.807) is 53.2 Å².